The first-order valence-electron chi connectivity index (χ1n) is 5.22. The normalized spacial score (nSPS) is 11.6. The molecular formula is C11H8BrF3N4O. The molecule has 0 atom stereocenters. The molecule has 0 unspecified atom stereocenters. The maximum atomic E-state index is 12.9. The van der Waals surface area contributed by atoms with Crippen LogP contribution in [0, 0.1) is 0 Å². The van der Waals surface area contributed by atoms with E-state index >= 15 is 0 Å². The highest BCUT2D eigenvalue weighted by Crippen LogP contribution is 2.33. The van der Waals surface area contributed by atoms with E-state index in [1.165, 1.54) is 16.9 Å². The van der Waals surface area contributed by atoms with Gasteiger partial charge in [-0.1, -0.05) is 0 Å². The molecule has 1 heterocycles. The number of benzene rings is 1. The Kier molecular flexibility index (Phi) is 3.46. The molecular weight excluding hydrogens is 341 g/mol. The van der Waals surface area contributed by atoms with Gasteiger partial charge in [0.05, 0.1) is 21.3 Å². The first-order valence-corrected chi connectivity index (χ1v) is 6.01. The molecule has 1 aromatic heterocycles. The minimum absolute atomic E-state index is 0.111. The molecule has 5 nitrogen and oxygen atoms in total. The van der Waals surface area contributed by atoms with Crippen molar-refractivity contribution in [3.05, 3.63) is 40.0 Å². The van der Waals surface area contributed by atoms with Crippen molar-refractivity contribution in [2.24, 2.45) is 5.73 Å². The van der Waals surface area contributed by atoms with Gasteiger partial charge in [-0.05, 0) is 34.1 Å². The summed E-state index contributed by atoms with van der Waals surface area (Å²) in [4.78, 5) is 11.0. The number of carbonyl (C=O) groups is 1. The molecule has 0 spiro atoms. The second kappa shape index (κ2) is 4.82. The van der Waals surface area contributed by atoms with E-state index < -0.39 is 23.2 Å². The Bertz CT molecular complexity index is 661. The van der Waals surface area contributed by atoms with Crippen LogP contribution in [0.2, 0.25) is 0 Å². The van der Waals surface area contributed by atoms with Gasteiger partial charge in [0.2, 0.25) is 5.91 Å². The van der Waals surface area contributed by atoms with Gasteiger partial charge in [-0.2, -0.15) is 13.2 Å². The number of hydrogen-bond donors (Lipinski definition) is 2. The van der Waals surface area contributed by atoms with E-state index in [0.29, 0.717) is 4.47 Å². The first kappa shape index (κ1) is 14.4. The van der Waals surface area contributed by atoms with Crippen molar-refractivity contribution < 1.29 is 18.0 Å². The Morgan fingerprint density at radius 2 is 2.00 bits per heavy atom. The monoisotopic (exact) mass is 348 g/mol. The largest absolute Gasteiger partial charge is 0.417 e. The van der Waals surface area contributed by atoms with E-state index in [-0.39, 0.29) is 11.5 Å². The molecule has 0 saturated heterocycles. The van der Waals surface area contributed by atoms with Crippen LogP contribution in [0.1, 0.15) is 15.9 Å². The predicted octanol–water partition coefficient (Wildman–Crippen LogP) is 2.33. The van der Waals surface area contributed by atoms with Crippen molar-refractivity contribution >= 4 is 27.7 Å². The highest BCUT2D eigenvalue weighted by Gasteiger charge is 2.35. The molecule has 0 aliphatic rings. The number of aromatic nitrogens is 2. The van der Waals surface area contributed by atoms with Crippen LogP contribution >= 0.6 is 15.9 Å². The molecule has 2 rings (SSSR count). The van der Waals surface area contributed by atoms with Crippen molar-refractivity contribution in [3.8, 4) is 5.69 Å². The zero-order valence-electron chi connectivity index (χ0n) is 9.78. The highest BCUT2D eigenvalue weighted by molar-refractivity contribution is 9.10. The number of carbonyl (C=O) groups excluding carboxylic acids is 1. The number of nitrogens with zero attached hydrogens (tertiary/aromatic N) is 2. The second-order valence-corrected chi connectivity index (χ2v) is 4.75. The Labute approximate surface area is 119 Å². The van der Waals surface area contributed by atoms with Gasteiger partial charge in [0.1, 0.15) is 0 Å². The number of halogens is 4. The first-order chi connectivity index (χ1) is 9.20. The van der Waals surface area contributed by atoms with Gasteiger partial charge < -0.3 is 11.5 Å². The predicted molar refractivity (Wildman–Crippen MR) is 69.2 cm³/mol. The lowest BCUT2D eigenvalue weighted by Gasteiger charge is -2.12. The number of alkyl halides is 3. The van der Waals surface area contributed by atoms with Crippen molar-refractivity contribution in [1.29, 1.82) is 0 Å². The van der Waals surface area contributed by atoms with Crippen LogP contribution in [0.5, 0.6) is 0 Å². The van der Waals surface area contributed by atoms with Crippen LogP contribution < -0.4 is 11.5 Å². The molecule has 4 N–H and O–H groups in total. The highest BCUT2D eigenvalue weighted by atomic mass is 79.9. The Morgan fingerprint density at radius 1 is 1.35 bits per heavy atom. The average molecular weight is 349 g/mol. The number of primary amides is 1. The molecule has 0 saturated carbocycles. The molecule has 20 heavy (non-hydrogen) atoms. The number of nitrogen functional groups attached to an aromatic ring is 1. The lowest BCUT2D eigenvalue weighted by Crippen LogP contribution is -2.19. The van der Waals surface area contributed by atoms with Gasteiger partial charge in [-0.3, -0.25) is 4.79 Å². The van der Waals surface area contributed by atoms with Gasteiger partial charge in [-0.15, -0.1) is 5.10 Å². The molecule has 1 amide bonds. The Balaban J connectivity index is 2.61. The number of hydrogen-bond acceptors (Lipinski definition) is 3. The van der Waals surface area contributed by atoms with Crippen molar-refractivity contribution in [2.45, 2.75) is 6.18 Å². The molecule has 106 valence electrons. The summed E-state index contributed by atoms with van der Waals surface area (Å²) in [6.07, 6.45) is -3.29. The van der Waals surface area contributed by atoms with Crippen molar-refractivity contribution in [2.75, 3.05) is 5.73 Å². The van der Waals surface area contributed by atoms with E-state index in [0.717, 1.165) is 12.1 Å². The fraction of sp³-hybridized carbons (Fsp3) is 0.0909. The van der Waals surface area contributed by atoms with Crippen molar-refractivity contribution in [3.63, 3.8) is 0 Å². The van der Waals surface area contributed by atoms with Gasteiger partial charge in [0.15, 0.2) is 5.82 Å². The third-order valence-electron chi connectivity index (χ3n) is 2.53. The molecule has 0 fully saturated rings. The summed E-state index contributed by atoms with van der Waals surface area (Å²) in [6, 6.07) is 3.10. The minimum Gasteiger partial charge on any atom is -0.381 e. The molecule has 0 radical (unpaired) electrons. The molecule has 0 aliphatic carbocycles. The van der Waals surface area contributed by atoms with Gasteiger partial charge >= 0.3 is 6.18 Å². The molecule has 2 aromatic rings. The summed E-state index contributed by atoms with van der Waals surface area (Å²) >= 11 is 3.10. The minimum atomic E-state index is -4.70. The fourth-order valence-electron chi connectivity index (χ4n) is 1.62. The van der Waals surface area contributed by atoms with E-state index in [4.69, 9.17) is 11.5 Å². The lowest BCUT2D eigenvalue weighted by molar-refractivity contribution is -0.137. The fourth-order valence-corrected chi connectivity index (χ4v) is 1.90. The topological polar surface area (TPSA) is 86.9 Å². The van der Waals surface area contributed by atoms with Crippen LogP contribution in [0.15, 0.2) is 28.9 Å². The molecule has 0 bridgehead atoms. The number of rotatable bonds is 2. The van der Waals surface area contributed by atoms with Crippen LogP contribution in [0.25, 0.3) is 5.69 Å². The number of amides is 1. The zero-order valence-corrected chi connectivity index (χ0v) is 11.4. The number of nitrogens with two attached hydrogens (primary N) is 2. The maximum Gasteiger partial charge on any atom is 0.417 e. The van der Waals surface area contributed by atoms with Gasteiger partial charge in [-0.25, -0.2) is 4.68 Å². The smallest absolute Gasteiger partial charge is 0.381 e. The number of anilines is 1. The Morgan fingerprint density at radius 3 is 2.45 bits per heavy atom. The SMILES string of the molecule is NC(=O)c1ccc(-n2cc(Br)c(N)n2)cc1C(F)(F)F. The maximum absolute atomic E-state index is 12.9. The van der Waals surface area contributed by atoms with E-state index in [9.17, 15) is 18.0 Å². The second-order valence-electron chi connectivity index (χ2n) is 3.90. The van der Waals surface area contributed by atoms with E-state index in [2.05, 4.69) is 21.0 Å². The molecule has 9 heteroatoms. The summed E-state index contributed by atoms with van der Waals surface area (Å²) in [6.45, 7) is 0. The summed E-state index contributed by atoms with van der Waals surface area (Å²) in [5, 5.41) is 3.84. The summed E-state index contributed by atoms with van der Waals surface area (Å²) < 4.78 is 40.4. The summed E-state index contributed by atoms with van der Waals surface area (Å²) in [7, 11) is 0. The average Bonchev–Trinajstić information content (AvgIpc) is 2.67. The van der Waals surface area contributed by atoms with Crippen LogP contribution in [-0.2, 0) is 6.18 Å². The quantitative estimate of drug-likeness (QED) is 0.873. The van der Waals surface area contributed by atoms with E-state index in [1.807, 2.05) is 0 Å². The van der Waals surface area contributed by atoms with Gasteiger partial charge in [0.25, 0.3) is 0 Å². The van der Waals surface area contributed by atoms with Crippen LogP contribution in [0.4, 0.5) is 19.0 Å². The molecule has 1 aromatic carbocycles. The van der Waals surface area contributed by atoms with Crippen LogP contribution in [-0.4, -0.2) is 15.7 Å². The van der Waals surface area contributed by atoms with Gasteiger partial charge in [0, 0.05) is 6.20 Å². The van der Waals surface area contributed by atoms with Crippen LogP contribution in [0.3, 0.4) is 0 Å². The van der Waals surface area contributed by atoms with Crippen molar-refractivity contribution in [1.82, 2.24) is 9.78 Å². The Hall–Kier alpha value is -2.03. The third-order valence-corrected chi connectivity index (χ3v) is 3.15. The standard InChI is InChI=1S/C11H8BrF3N4O/c12-8-4-19(18-9(8)16)5-1-2-6(10(17)20)7(3-5)11(13,14)15/h1-4H,(H2,16,18)(H2,17,20). The summed E-state index contributed by atoms with van der Waals surface area (Å²) in [5.74, 6) is -1.01. The lowest BCUT2D eigenvalue weighted by atomic mass is 10.1. The molecule has 0 aliphatic heterocycles. The third kappa shape index (κ3) is 2.62. The zero-order chi connectivity index (χ0) is 15.1. The van der Waals surface area contributed by atoms with E-state index in [1.54, 1.807) is 0 Å². The summed E-state index contributed by atoms with van der Waals surface area (Å²) in [5.41, 5.74) is 8.84.